The number of aryl methyl sites for hydroxylation is 1. The summed E-state index contributed by atoms with van der Waals surface area (Å²) in [4.78, 5) is 12.5. The van der Waals surface area contributed by atoms with Gasteiger partial charge < -0.3 is 4.74 Å². The fourth-order valence-electron chi connectivity index (χ4n) is 2.30. The Morgan fingerprint density at radius 2 is 1.33 bits per heavy atom. The molecular formula is C21H17NO4S. The highest BCUT2D eigenvalue weighted by Gasteiger charge is 2.19. The van der Waals surface area contributed by atoms with Gasteiger partial charge in [0.05, 0.1) is 10.5 Å². The van der Waals surface area contributed by atoms with Gasteiger partial charge in [0.2, 0.25) is 5.90 Å². The molecule has 0 aliphatic rings. The number of carbonyl (C=O) groups is 1. The number of nitrogens with zero attached hydrogens (tertiary/aromatic N) is 1. The topological polar surface area (TPSA) is 72.8 Å². The second-order valence-corrected chi connectivity index (χ2v) is 7.41. The number of ether oxygens (including phenoxy) is 1. The van der Waals surface area contributed by atoms with E-state index in [0.29, 0.717) is 11.1 Å². The third-order valence-corrected chi connectivity index (χ3v) is 5.02. The van der Waals surface area contributed by atoms with E-state index in [1.54, 1.807) is 72.8 Å². The Hall–Kier alpha value is -3.25. The number of hydrogen-bond donors (Lipinski definition) is 0. The average Bonchev–Trinajstić information content (AvgIpc) is 2.69. The van der Waals surface area contributed by atoms with E-state index in [9.17, 15) is 13.2 Å². The number of rotatable bonds is 4. The second kappa shape index (κ2) is 7.97. The third-order valence-electron chi connectivity index (χ3n) is 3.74. The van der Waals surface area contributed by atoms with Gasteiger partial charge in [0, 0.05) is 5.56 Å². The van der Waals surface area contributed by atoms with Gasteiger partial charge in [-0.05, 0) is 43.3 Å². The highest BCUT2D eigenvalue weighted by atomic mass is 32.2. The van der Waals surface area contributed by atoms with Gasteiger partial charge >= 0.3 is 5.97 Å². The van der Waals surface area contributed by atoms with Crippen LogP contribution in [0.15, 0.2) is 94.2 Å². The zero-order valence-electron chi connectivity index (χ0n) is 14.6. The largest absolute Gasteiger partial charge is 0.402 e. The van der Waals surface area contributed by atoms with Crippen molar-refractivity contribution >= 4 is 21.9 Å². The maximum Gasteiger partial charge on any atom is 0.344 e. The zero-order chi connectivity index (χ0) is 19.3. The van der Waals surface area contributed by atoms with E-state index in [-0.39, 0.29) is 10.8 Å². The molecule has 0 saturated carbocycles. The van der Waals surface area contributed by atoms with Gasteiger partial charge in [0.25, 0.3) is 10.0 Å². The van der Waals surface area contributed by atoms with Crippen molar-refractivity contribution in [3.63, 3.8) is 0 Å². The highest BCUT2D eigenvalue weighted by molar-refractivity contribution is 7.90. The Kier molecular flexibility index (Phi) is 5.47. The van der Waals surface area contributed by atoms with Crippen LogP contribution in [-0.2, 0) is 14.8 Å². The van der Waals surface area contributed by atoms with Crippen LogP contribution in [-0.4, -0.2) is 20.3 Å². The van der Waals surface area contributed by atoms with Gasteiger partial charge in [-0.15, -0.1) is 4.40 Å². The van der Waals surface area contributed by atoms with E-state index < -0.39 is 16.0 Å². The molecule has 3 rings (SSSR count). The molecule has 6 heteroatoms. The first-order valence-electron chi connectivity index (χ1n) is 8.20. The van der Waals surface area contributed by atoms with Gasteiger partial charge in [0.1, 0.15) is 0 Å². The lowest BCUT2D eigenvalue weighted by Crippen LogP contribution is -2.16. The molecule has 0 aliphatic carbocycles. The molecule has 136 valence electrons. The zero-order valence-corrected chi connectivity index (χ0v) is 15.4. The minimum Gasteiger partial charge on any atom is -0.402 e. The molecule has 0 amide bonds. The van der Waals surface area contributed by atoms with Crippen molar-refractivity contribution < 1.29 is 17.9 Å². The van der Waals surface area contributed by atoms with Gasteiger partial charge in [-0.3, -0.25) is 0 Å². The molecule has 0 atom stereocenters. The van der Waals surface area contributed by atoms with Gasteiger partial charge in [0.15, 0.2) is 0 Å². The lowest BCUT2D eigenvalue weighted by atomic mass is 10.1. The predicted molar refractivity (Wildman–Crippen MR) is 103 cm³/mol. The minimum atomic E-state index is -4.03. The summed E-state index contributed by atoms with van der Waals surface area (Å²) in [5.74, 6) is -0.953. The van der Waals surface area contributed by atoms with E-state index in [0.717, 1.165) is 5.56 Å². The Bertz CT molecular complexity index is 1060. The van der Waals surface area contributed by atoms with Crippen LogP contribution >= 0.6 is 0 Å². The molecule has 3 aromatic rings. The molecule has 0 saturated heterocycles. The number of sulfonamides is 1. The molecule has 5 nitrogen and oxygen atoms in total. The van der Waals surface area contributed by atoms with Crippen LogP contribution in [0.4, 0.5) is 0 Å². The van der Waals surface area contributed by atoms with E-state index in [1.807, 2.05) is 6.92 Å². The Balaban J connectivity index is 1.99. The van der Waals surface area contributed by atoms with Crippen molar-refractivity contribution in [3.8, 4) is 0 Å². The van der Waals surface area contributed by atoms with Crippen LogP contribution in [0.3, 0.4) is 0 Å². The van der Waals surface area contributed by atoms with Crippen LogP contribution in [0.5, 0.6) is 0 Å². The maximum atomic E-state index is 12.6. The van der Waals surface area contributed by atoms with E-state index in [4.69, 9.17) is 4.74 Å². The van der Waals surface area contributed by atoms with Crippen LogP contribution < -0.4 is 0 Å². The Labute approximate surface area is 158 Å². The normalized spacial score (nSPS) is 11.8. The second-order valence-electron chi connectivity index (χ2n) is 5.81. The number of esters is 1. The first-order valence-corrected chi connectivity index (χ1v) is 9.64. The SMILES string of the molecule is Cc1ccc(C(=O)OC(=NS(=O)(=O)c2ccccc2)c2ccccc2)cc1. The Morgan fingerprint density at radius 3 is 1.93 bits per heavy atom. The molecule has 0 unspecified atom stereocenters. The molecular weight excluding hydrogens is 362 g/mol. The fraction of sp³-hybridized carbons (Fsp3) is 0.0476. The molecule has 0 aromatic heterocycles. The molecule has 3 aromatic carbocycles. The van der Waals surface area contributed by atoms with Crippen LogP contribution in [0.1, 0.15) is 21.5 Å². The van der Waals surface area contributed by atoms with E-state index in [1.165, 1.54) is 12.1 Å². The molecule has 0 N–H and O–H groups in total. The van der Waals surface area contributed by atoms with Gasteiger partial charge in [-0.25, -0.2) is 4.79 Å². The Morgan fingerprint density at radius 1 is 0.778 bits per heavy atom. The van der Waals surface area contributed by atoms with Crippen molar-refractivity contribution in [1.29, 1.82) is 0 Å². The third kappa shape index (κ3) is 4.68. The highest BCUT2D eigenvalue weighted by Crippen LogP contribution is 2.15. The van der Waals surface area contributed by atoms with Gasteiger partial charge in [-0.1, -0.05) is 54.1 Å². The average molecular weight is 379 g/mol. The molecule has 0 heterocycles. The maximum absolute atomic E-state index is 12.6. The summed E-state index contributed by atoms with van der Waals surface area (Å²) in [6.07, 6.45) is 0. The summed E-state index contributed by atoms with van der Waals surface area (Å²) >= 11 is 0. The molecule has 0 spiro atoms. The van der Waals surface area contributed by atoms with Crippen molar-refractivity contribution in [1.82, 2.24) is 0 Å². The molecule has 0 bridgehead atoms. The summed E-state index contributed by atoms with van der Waals surface area (Å²) in [5.41, 5.74) is 1.69. The quantitative estimate of drug-likeness (QED) is 0.390. The molecule has 0 aliphatic heterocycles. The first kappa shape index (κ1) is 18.5. The van der Waals surface area contributed by atoms with Gasteiger partial charge in [-0.2, -0.15) is 8.42 Å². The first-order chi connectivity index (χ1) is 13.0. The number of hydrogen-bond acceptors (Lipinski definition) is 4. The van der Waals surface area contributed by atoms with Crippen molar-refractivity contribution in [2.24, 2.45) is 4.40 Å². The fourth-order valence-corrected chi connectivity index (χ4v) is 3.27. The number of carbonyl (C=O) groups excluding carboxylic acids is 1. The lowest BCUT2D eigenvalue weighted by molar-refractivity contribution is 0.0718. The van der Waals surface area contributed by atoms with E-state index >= 15 is 0 Å². The molecule has 0 radical (unpaired) electrons. The van der Waals surface area contributed by atoms with Crippen LogP contribution in [0.2, 0.25) is 0 Å². The standard InChI is InChI=1S/C21H17NO4S/c1-16-12-14-18(15-13-16)21(23)26-20(17-8-4-2-5-9-17)22-27(24,25)19-10-6-3-7-11-19/h2-15H,1H3. The van der Waals surface area contributed by atoms with Crippen molar-refractivity contribution in [2.75, 3.05) is 0 Å². The number of benzene rings is 3. The van der Waals surface area contributed by atoms with Crippen molar-refractivity contribution in [2.45, 2.75) is 11.8 Å². The summed E-state index contributed by atoms with van der Waals surface area (Å²) in [7, 11) is -4.03. The van der Waals surface area contributed by atoms with Crippen LogP contribution in [0, 0.1) is 6.92 Å². The van der Waals surface area contributed by atoms with Crippen LogP contribution in [0.25, 0.3) is 0 Å². The monoisotopic (exact) mass is 379 g/mol. The molecule has 0 fully saturated rings. The molecule has 27 heavy (non-hydrogen) atoms. The summed E-state index contributed by atoms with van der Waals surface area (Å²) in [6.45, 7) is 1.90. The summed E-state index contributed by atoms with van der Waals surface area (Å²) in [6, 6.07) is 23.0. The summed E-state index contributed by atoms with van der Waals surface area (Å²) in [5, 5.41) is 0. The smallest absolute Gasteiger partial charge is 0.344 e. The summed E-state index contributed by atoms with van der Waals surface area (Å²) < 4.78 is 34.3. The van der Waals surface area contributed by atoms with Crippen molar-refractivity contribution in [3.05, 3.63) is 102 Å². The lowest BCUT2D eigenvalue weighted by Gasteiger charge is -2.09. The van der Waals surface area contributed by atoms with E-state index in [2.05, 4.69) is 4.40 Å². The minimum absolute atomic E-state index is 0.0183. The predicted octanol–water partition coefficient (Wildman–Crippen LogP) is 3.99.